The smallest absolute Gasteiger partial charge is 0.352 e. The summed E-state index contributed by atoms with van der Waals surface area (Å²) < 4.78 is 38.9. The number of alkyl halides is 3. The van der Waals surface area contributed by atoms with Crippen LogP contribution in [0.4, 0.5) is 13.2 Å². The zero-order chi connectivity index (χ0) is 20.0. The molecule has 148 valence electrons. The molecule has 0 saturated heterocycles. The van der Waals surface area contributed by atoms with Crippen molar-refractivity contribution in [2.75, 3.05) is 26.7 Å². The average molecular weight is 382 g/mol. The average Bonchev–Trinajstić information content (AvgIpc) is 2.86. The van der Waals surface area contributed by atoms with Crippen LogP contribution in [0.5, 0.6) is 0 Å². The Morgan fingerprint density at radius 3 is 2.67 bits per heavy atom. The van der Waals surface area contributed by atoms with Gasteiger partial charge in [0.1, 0.15) is 0 Å². The fraction of sp³-hybridized carbons (Fsp3) is 0.474. The minimum atomic E-state index is -4.21. The molecular weight excluding hydrogens is 357 g/mol. The van der Waals surface area contributed by atoms with Crippen molar-refractivity contribution < 1.29 is 18.0 Å². The van der Waals surface area contributed by atoms with Gasteiger partial charge < -0.3 is 9.88 Å². The maximum atomic E-state index is 12.4. The van der Waals surface area contributed by atoms with Gasteiger partial charge in [0.25, 0.3) is 5.91 Å². The van der Waals surface area contributed by atoms with Crippen LogP contribution in [0.25, 0.3) is 0 Å². The van der Waals surface area contributed by atoms with E-state index in [2.05, 4.69) is 10.3 Å². The third kappa shape index (κ3) is 6.39. The molecule has 0 aliphatic carbocycles. The lowest BCUT2D eigenvalue weighted by molar-refractivity contribution is -0.143. The summed E-state index contributed by atoms with van der Waals surface area (Å²) in [6.07, 6.45) is -2.03. The van der Waals surface area contributed by atoms with Crippen molar-refractivity contribution in [1.29, 1.82) is 0 Å². The fourth-order valence-electron chi connectivity index (χ4n) is 2.96. The Balaban J connectivity index is 1.89. The van der Waals surface area contributed by atoms with Crippen LogP contribution in [-0.2, 0) is 6.54 Å². The van der Waals surface area contributed by atoms with E-state index in [0.717, 1.165) is 17.1 Å². The third-order valence-corrected chi connectivity index (χ3v) is 4.32. The number of hydrogen-bond acceptors (Lipinski definition) is 3. The first-order valence-corrected chi connectivity index (χ1v) is 8.77. The fourth-order valence-corrected chi connectivity index (χ4v) is 2.96. The number of rotatable bonds is 8. The van der Waals surface area contributed by atoms with Crippen LogP contribution in [0, 0.1) is 13.8 Å². The number of carbonyl (C=O) groups is 1. The molecule has 0 saturated carbocycles. The normalized spacial score (nSPS) is 11.8. The zero-order valence-electron chi connectivity index (χ0n) is 15.8. The highest BCUT2D eigenvalue weighted by Gasteiger charge is 2.28. The predicted molar refractivity (Wildman–Crippen MR) is 97.7 cm³/mol. The van der Waals surface area contributed by atoms with E-state index in [4.69, 9.17) is 0 Å². The minimum absolute atomic E-state index is 0.214. The van der Waals surface area contributed by atoms with Crippen LogP contribution in [-0.4, -0.2) is 53.2 Å². The van der Waals surface area contributed by atoms with E-state index in [1.54, 1.807) is 6.20 Å². The molecule has 8 heteroatoms. The monoisotopic (exact) mass is 382 g/mol. The number of pyridine rings is 1. The van der Waals surface area contributed by atoms with Crippen molar-refractivity contribution in [2.24, 2.45) is 0 Å². The van der Waals surface area contributed by atoms with Gasteiger partial charge in [-0.15, -0.1) is 0 Å². The summed E-state index contributed by atoms with van der Waals surface area (Å²) in [5.74, 6) is -0.214. The van der Waals surface area contributed by atoms with Gasteiger partial charge in [0.15, 0.2) is 0 Å². The lowest BCUT2D eigenvalue weighted by Crippen LogP contribution is -2.33. The van der Waals surface area contributed by atoms with E-state index in [1.807, 2.05) is 42.7 Å². The number of nitrogens with zero attached hydrogens (tertiary/aromatic N) is 3. The first kappa shape index (κ1) is 21.0. The van der Waals surface area contributed by atoms with E-state index < -0.39 is 12.7 Å². The van der Waals surface area contributed by atoms with Crippen molar-refractivity contribution in [3.05, 3.63) is 53.1 Å². The van der Waals surface area contributed by atoms with Crippen LogP contribution >= 0.6 is 0 Å². The van der Waals surface area contributed by atoms with Crippen LogP contribution < -0.4 is 5.32 Å². The van der Waals surface area contributed by atoms with E-state index in [9.17, 15) is 18.0 Å². The molecule has 1 amide bonds. The Bertz CT molecular complexity index is 756. The summed E-state index contributed by atoms with van der Waals surface area (Å²) in [6, 6.07) is 7.52. The van der Waals surface area contributed by atoms with Gasteiger partial charge in [-0.25, -0.2) is 0 Å². The van der Waals surface area contributed by atoms with Crippen LogP contribution in [0.3, 0.4) is 0 Å². The molecule has 1 N–H and O–H groups in total. The topological polar surface area (TPSA) is 50.2 Å². The van der Waals surface area contributed by atoms with Gasteiger partial charge in [0.2, 0.25) is 0 Å². The Labute approximate surface area is 157 Å². The Kier molecular flexibility index (Phi) is 7.01. The lowest BCUT2D eigenvalue weighted by Gasteiger charge is -2.18. The minimum Gasteiger partial charge on any atom is -0.352 e. The van der Waals surface area contributed by atoms with Crippen molar-refractivity contribution in [3.63, 3.8) is 0 Å². The van der Waals surface area contributed by atoms with Gasteiger partial charge in [-0.05, 0) is 52.1 Å². The highest BCUT2D eigenvalue weighted by Crippen LogP contribution is 2.17. The standard InChI is InChI=1S/C19H25F3N4O/c1-14-11-17(15(2)26(14)12-16-7-4-5-8-23-16)18(27)24-9-6-10-25(3)13-19(20,21)22/h4-5,7-8,11H,6,9-10,12-13H2,1-3H3,(H,24,27). The summed E-state index contributed by atoms with van der Waals surface area (Å²) in [6.45, 7) is 4.02. The first-order chi connectivity index (χ1) is 12.7. The van der Waals surface area contributed by atoms with Gasteiger partial charge in [-0.1, -0.05) is 6.07 Å². The number of nitrogens with one attached hydrogen (secondary N) is 1. The molecule has 0 aliphatic heterocycles. The van der Waals surface area contributed by atoms with Crippen molar-refractivity contribution >= 4 is 5.91 Å². The third-order valence-electron chi connectivity index (χ3n) is 4.32. The van der Waals surface area contributed by atoms with Crippen molar-refractivity contribution in [3.8, 4) is 0 Å². The summed E-state index contributed by atoms with van der Waals surface area (Å²) in [4.78, 5) is 17.9. The Morgan fingerprint density at radius 2 is 2.04 bits per heavy atom. The maximum absolute atomic E-state index is 12.4. The SMILES string of the molecule is Cc1cc(C(=O)NCCCN(C)CC(F)(F)F)c(C)n1Cc1ccccn1. The maximum Gasteiger partial charge on any atom is 0.401 e. The second kappa shape index (κ2) is 9.03. The molecular formula is C19H25F3N4O. The van der Waals surface area contributed by atoms with Crippen LogP contribution in [0.1, 0.15) is 33.9 Å². The number of aromatic nitrogens is 2. The molecule has 27 heavy (non-hydrogen) atoms. The highest BCUT2D eigenvalue weighted by molar-refractivity contribution is 5.95. The molecule has 0 atom stereocenters. The summed E-state index contributed by atoms with van der Waals surface area (Å²) in [5.41, 5.74) is 3.27. The summed E-state index contributed by atoms with van der Waals surface area (Å²) >= 11 is 0. The van der Waals surface area contributed by atoms with Gasteiger partial charge in [0.05, 0.1) is 24.3 Å². The molecule has 0 radical (unpaired) electrons. The van der Waals surface area contributed by atoms with E-state index >= 15 is 0 Å². The van der Waals surface area contributed by atoms with Crippen molar-refractivity contribution in [2.45, 2.75) is 33.0 Å². The lowest BCUT2D eigenvalue weighted by atomic mass is 10.2. The predicted octanol–water partition coefficient (Wildman–Crippen LogP) is 3.16. The van der Waals surface area contributed by atoms with Crippen LogP contribution in [0.2, 0.25) is 0 Å². The quantitative estimate of drug-likeness (QED) is 0.714. The number of amides is 1. The van der Waals surface area contributed by atoms with Crippen LogP contribution in [0.15, 0.2) is 30.5 Å². The summed E-state index contributed by atoms with van der Waals surface area (Å²) in [7, 11) is 1.42. The molecule has 2 rings (SSSR count). The largest absolute Gasteiger partial charge is 0.401 e. The molecule has 2 aromatic heterocycles. The second-order valence-electron chi connectivity index (χ2n) is 6.65. The molecule has 2 heterocycles. The van der Waals surface area contributed by atoms with E-state index in [0.29, 0.717) is 25.1 Å². The second-order valence-corrected chi connectivity index (χ2v) is 6.65. The number of hydrogen-bond donors (Lipinski definition) is 1. The molecule has 5 nitrogen and oxygen atoms in total. The van der Waals surface area contributed by atoms with E-state index in [1.165, 1.54) is 11.9 Å². The van der Waals surface area contributed by atoms with E-state index in [-0.39, 0.29) is 12.5 Å². The summed E-state index contributed by atoms with van der Waals surface area (Å²) in [5, 5.41) is 2.79. The number of aryl methyl sites for hydroxylation is 1. The first-order valence-electron chi connectivity index (χ1n) is 8.77. The van der Waals surface area contributed by atoms with Gasteiger partial charge in [-0.3, -0.25) is 14.7 Å². The van der Waals surface area contributed by atoms with Gasteiger partial charge in [0, 0.05) is 24.1 Å². The molecule has 0 bridgehead atoms. The molecule has 0 fully saturated rings. The Morgan fingerprint density at radius 1 is 1.30 bits per heavy atom. The highest BCUT2D eigenvalue weighted by atomic mass is 19.4. The van der Waals surface area contributed by atoms with Gasteiger partial charge >= 0.3 is 6.18 Å². The Hall–Kier alpha value is -2.35. The molecule has 0 spiro atoms. The zero-order valence-corrected chi connectivity index (χ0v) is 15.8. The molecule has 0 aliphatic rings. The molecule has 2 aromatic rings. The number of halogens is 3. The van der Waals surface area contributed by atoms with Crippen molar-refractivity contribution in [1.82, 2.24) is 19.8 Å². The number of carbonyl (C=O) groups excluding carboxylic acids is 1. The molecule has 0 unspecified atom stereocenters. The molecule has 0 aromatic carbocycles. The van der Waals surface area contributed by atoms with Gasteiger partial charge in [-0.2, -0.15) is 13.2 Å².